The fourth-order valence-electron chi connectivity index (χ4n) is 1.01. The van der Waals surface area contributed by atoms with E-state index >= 15 is 0 Å². The fourth-order valence-corrected chi connectivity index (χ4v) is 1.12. The van der Waals surface area contributed by atoms with E-state index in [-0.39, 0.29) is 0 Å². The molecule has 0 saturated carbocycles. The Hall–Kier alpha value is -0.730. The third-order valence-electron chi connectivity index (χ3n) is 1.60. The van der Waals surface area contributed by atoms with E-state index in [0.717, 1.165) is 11.3 Å². The van der Waals surface area contributed by atoms with E-state index in [1.807, 2.05) is 24.3 Å². The molecule has 0 amide bonds. The minimum atomic E-state index is 0.600. The molecule has 0 radical (unpaired) electrons. The molecule has 0 aliphatic carbocycles. The van der Waals surface area contributed by atoms with E-state index in [2.05, 4.69) is 24.8 Å². The lowest BCUT2D eigenvalue weighted by Gasteiger charge is -1.97. The topological polar surface area (TPSA) is 26.0 Å². The minimum Gasteiger partial charge on any atom is -0.326 e. The minimum absolute atomic E-state index is 0.600. The highest BCUT2D eigenvalue weighted by Crippen LogP contribution is 2.06. The lowest BCUT2D eigenvalue weighted by Crippen LogP contribution is -1.95. The van der Waals surface area contributed by atoms with Crippen molar-refractivity contribution in [2.75, 3.05) is 5.75 Å². The van der Waals surface area contributed by atoms with Gasteiger partial charge >= 0.3 is 0 Å². The molecule has 0 spiro atoms. The average molecular weight is 179 g/mol. The van der Waals surface area contributed by atoms with Gasteiger partial charge in [0.05, 0.1) is 0 Å². The van der Waals surface area contributed by atoms with Crippen molar-refractivity contribution in [2.24, 2.45) is 5.73 Å². The first-order chi connectivity index (χ1) is 5.86. The summed E-state index contributed by atoms with van der Waals surface area (Å²) in [6, 6.07) is 8.18. The van der Waals surface area contributed by atoms with Crippen LogP contribution in [-0.4, -0.2) is 5.75 Å². The zero-order chi connectivity index (χ0) is 8.81. The van der Waals surface area contributed by atoms with Crippen molar-refractivity contribution in [1.82, 2.24) is 0 Å². The molecule has 0 fully saturated rings. The number of rotatable bonds is 3. The highest BCUT2D eigenvalue weighted by atomic mass is 32.1. The molecule has 0 aliphatic rings. The lowest BCUT2D eigenvalue weighted by atomic mass is 10.1. The Morgan fingerprint density at radius 2 is 2.25 bits per heavy atom. The summed E-state index contributed by atoms with van der Waals surface area (Å²) in [6.07, 6.45) is 4.06. The van der Waals surface area contributed by atoms with E-state index in [1.165, 1.54) is 5.56 Å². The smallest absolute Gasteiger partial charge is 0.0178 e. The molecule has 1 rings (SSSR count). The van der Waals surface area contributed by atoms with Gasteiger partial charge in [-0.15, -0.1) is 0 Å². The molecule has 1 aromatic carbocycles. The van der Waals surface area contributed by atoms with Gasteiger partial charge in [0.2, 0.25) is 0 Å². The maximum absolute atomic E-state index is 5.51. The summed E-state index contributed by atoms with van der Waals surface area (Å²) in [7, 11) is 0. The van der Waals surface area contributed by atoms with Crippen LogP contribution in [0.4, 0.5) is 0 Å². The first-order valence-electron chi connectivity index (χ1n) is 3.93. The highest BCUT2D eigenvalue weighted by Gasteiger charge is 1.89. The third kappa shape index (κ3) is 2.72. The Labute approximate surface area is 78.7 Å². The molecule has 2 heteroatoms. The Morgan fingerprint density at radius 1 is 1.42 bits per heavy atom. The summed E-state index contributed by atoms with van der Waals surface area (Å²) < 4.78 is 0. The molecule has 1 nitrogen and oxygen atoms in total. The molecule has 64 valence electrons. The molecule has 0 unspecified atom stereocenters. The van der Waals surface area contributed by atoms with Gasteiger partial charge in [-0.05, 0) is 11.1 Å². The van der Waals surface area contributed by atoms with Gasteiger partial charge < -0.3 is 5.73 Å². The number of thiol groups is 1. The van der Waals surface area contributed by atoms with Crippen LogP contribution in [0, 0.1) is 0 Å². The van der Waals surface area contributed by atoms with Crippen molar-refractivity contribution in [3.63, 3.8) is 0 Å². The third-order valence-corrected chi connectivity index (χ3v) is 1.81. The van der Waals surface area contributed by atoms with Crippen molar-refractivity contribution < 1.29 is 0 Å². The van der Waals surface area contributed by atoms with Crippen LogP contribution >= 0.6 is 12.6 Å². The van der Waals surface area contributed by atoms with E-state index in [0.29, 0.717) is 6.54 Å². The standard InChI is InChI=1S/C10H13NS/c11-8-10-4-1-3-9(7-10)5-2-6-12/h1-5,7,12H,6,8,11H2. The van der Waals surface area contributed by atoms with E-state index < -0.39 is 0 Å². The van der Waals surface area contributed by atoms with Gasteiger partial charge in [-0.3, -0.25) is 0 Å². The predicted octanol–water partition coefficient (Wildman–Crippen LogP) is 2.09. The van der Waals surface area contributed by atoms with Gasteiger partial charge in [0.1, 0.15) is 0 Å². The maximum atomic E-state index is 5.51. The van der Waals surface area contributed by atoms with Crippen LogP contribution < -0.4 is 5.73 Å². The normalized spacial score (nSPS) is 10.8. The second-order valence-electron chi connectivity index (χ2n) is 2.53. The van der Waals surface area contributed by atoms with Crippen molar-refractivity contribution in [3.8, 4) is 0 Å². The molecule has 0 atom stereocenters. The van der Waals surface area contributed by atoms with Crippen LogP contribution in [-0.2, 0) is 6.54 Å². The highest BCUT2D eigenvalue weighted by molar-refractivity contribution is 7.80. The Kier molecular flexibility index (Phi) is 3.91. The molecule has 1 aromatic rings. The maximum Gasteiger partial charge on any atom is 0.0178 e. The fraction of sp³-hybridized carbons (Fsp3) is 0.200. The molecule has 0 aliphatic heterocycles. The Morgan fingerprint density at radius 3 is 2.92 bits per heavy atom. The zero-order valence-corrected chi connectivity index (χ0v) is 7.80. The van der Waals surface area contributed by atoms with Gasteiger partial charge in [0, 0.05) is 12.3 Å². The average Bonchev–Trinajstić information content (AvgIpc) is 2.15. The molecule has 0 heterocycles. The quantitative estimate of drug-likeness (QED) is 0.683. The molecule has 0 bridgehead atoms. The van der Waals surface area contributed by atoms with Crippen LogP contribution in [0.3, 0.4) is 0 Å². The first-order valence-corrected chi connectivity index (χ1v) is 4.56. The molecule has 12 heavy (non-hydrogen) atoms. The largest absolute Gasteiger partial charge is 0.326 e. The van der Waals surface area contributed by atoms with Crippen LogP contribution in [0.5, 0.6) is 0 Å². The second kappa shape index (κ2) is 5.01. The van der Waals surface area contributed by atoms with E-state index in [9.17, 15) is 0 Å². The summed E-state index contributed by atoms with van der Waals surface area (Å²) in [5, 5.41) is 0. The van der Waals surface area contributed by atoms with Crippen molar-refractivity contribution in [1.29, 1.82) is 0 Å². The van der Waals surface area contributed by atoms with Crippen molar-refractivity contribution >= 4 is 18.7 Å². The summed E-state index contributed by atoms with van der Waals surface area (Å²) in [4.78, 5) is 0. The SMILES string of the molecule is NCc1cccc(C=CCS)c1. The van der Waals surface area contributed by atoms with Gasteiger partial charge in [-0.2, -0.15) is 12.6 Å². The van der Waals surface area contributed by atoms with Crippen molar-refractivity contribution in [2.45, 2.75) is 6.54 Å². The monoisotopic (exact) mass is 179 g/mol. The van der Waals surface area contributed by atoms with Crippen LogP contribution in [0.15, 0.2) is 30.3 Å². The number of hydrogen-bond donors (Lipinski definition) is 2. The summed E-state index contributed by atoms with van der Waals surface area (Å²) in [5.41, 5.74) is 7.86. The summed E-state index contributed by atoms with van der Waals surface area (Å²) in [5.74, 6) is 0.771. The number of benzene rings is 1. The van der Waals surface area contributed by atoms with Crippen LogP contribution in [0.25, 0.3) is 6.08 Å². The van der Waals surface area contributed by atoms with E-state index in [4.69, 9.17) is 5.73 Å². The van der Waals surface area contributed by atoms with Crippen molar-refractivity contribution in [3.05, 3.63) is 41.5 Å². The molecular weight excluding hydrogens is 166 g/mol. The summed E-state index contributed by atoms with van der Waals surface area (Å²) >= 11 is 4.09. The Bertz CT molecular complexity index is 268. The van der Waals surface area contributed by atoms with Crippen LogP contribution in [0.2, 0.25) is 0 Å². The van der Waals surface area contributed by atoms with Gasteiger partial charge in [0.15, 0.2) is 0 Å². The van der Waals surface area contributed by atoms with Gasteiger partial charge in [0.25, 0.3) is 0 Å². The van der Waals surface area contributed by atoms with E-state index in [1.54, 1.807) is 0 Å². The Balaban J connectivity index is 2.79. The molecule has 2 N–H and O–H groups in total. The van der Waals surface area contributed by atoms with Crippen LogP contribution in [0.1, 0.15) is 11.1 Å². The number of nitrogens with two attached hydrogens (primary N) is 1. The predicted molar refractivity (Wildman–Crippen MR) is 57.2 cm³/mol. The first kappa shape index (κ1) is 9.36. The van der Waals surface area contributed by atoms with Gasteiger partial charge in [-0.1, -0.05) is 36.4 Å². The lowest BCUT2D eigenvalue weighted by molar-refractivity contribution is 1.07. The molecule has 0 saturated heterocycles. The summed E-state index contributed by atoms with van der Waals surface area (Å²) in [6.45, 7) is 0.600. The number of hydrogen-bond acceptors (Lipinski definition) is 2. The zero-order valence-electron chi connectivity index (χ0n) is 6.90. The van der Waals surface area contributed by atoms with Gasteiger partial charge in [-0.25, -0.2) is 0 Å². The molecule has 0 aromatic heterocycles. The second-order valence-corrected chi connectivity index (χ2v) is 2.90. The molecular formula is C10H13NS.